The third-order valence-corrected chi connectivity index (χ3v) is 2.30. The first-order valence-electron chi connectivity index (χ1n) is 4.61. The summed E-state index contributed by atoms with van der Waals surface area (Å²) in [6.07, 6.45) is 1.21. The average molecular weight is 220 g/mol. The summed E-state index contributed by atoms with van der Waals surface area (Å²) in [7, 11) is 1.58. The van der Waals surface area contributed by atoms with E-state index in [-0.39, 0.29) is 16.8 Å². The predicted molar refractivity (Wildman–Crippen MR) is 55.6 cm³/mol. The zero-order chi connectivity index (χ0) is 11.7. The number of hydrogen-bond donors (Lipinski definition) is 1. The molecule has 16 heavy (non-hydrogen) atoms. The van der Waals surface area contributed by atoms with E-state index in [1.807, 2.05) is 0 Å². The van der Waals surface area contributed by atoms with Crippen LogP contribution in [0.25, 0.3) is 11.3 Å². The fourth-order valence-electron chi connectivity index (χ4n) is 1.57. The van der Waals surface area contributed by atoms with Gasteiger partial charge in [0.2, 0.25) is 0 Å². The molecule has 2 aromatic rings. The molecule has 0 aliphatic rings. The van der Waals surface area contributed by atoms with Gasteiger partial charge in [-0.25, -0.2) is 9.18 Å². The Morgan fingerprint density at radius 2 is 2.12 bits per heavy atom. The van der Waals surface area contributed by atoms with E-state index in [1.54, 1.807) is 19.2 Å². The molecule has 0 amide bonds. The number of halogens is 1. The third-order valence-electron chi connectivity index (χ3n) is 2.30. The number of nitrogens with zero attached hydrogens (tertiary/aromatic N) is 2. The Kier molecular flexibility index (Phi) is 2.44. The molecular weight excluding hydrogens is 211 g/mol. The average Bonchev–Trinajstić information content (AvgIpc) is 2.61. The van der Waals surface area contributed by atoms with Gasteiger partial charge in [-0.2, -0.15) is 5.10 Å². The normalized spacial score (nSPS) is 10.4. The Balaban J connectivity index is 2.68. The first kappa shape index (κ1) is 10.4. The SMILES string of the molecule is Cn1ncc(C(=O)O)c1-c1ccccc1F. The Morgan fingerprint density at radius 3 is 2.75 bits per heavy atom. The van der Waals surface area contributed by atoms with E-state index in [2.05, 4.69) is 5.10 Å². The van der Waals surface area contributed by atoms with E-state index in [0.29, 0.717) is 0 Å². The maximum absolute atomic E-state index is 13.5. The molecule has 1 N–H and O–H groups in total. The van der Waals surface area contributed by atoms with Gasteiger partial charge in [0.25, 0.3) is 0 Å². The van der Waals surface area contributed by atoms with Gasteiger partial charge in [0, 0.05) is 12.6 Å². The molecule has 0 unspecified atom stereocenters. The number of benzene rings is 1. The van der Waals surface area contributed by atoms with Crippen LogP contribution in [-0.4, -0.2) is 20.9 Å². The lowest BCUT2D eigenvalue weighted by atomic mass is 10.1. The number of carbonyl (C=O) groups is 1. The molecule has 2 rings (SSSR count). The van der Waals surface area contributed by atoms with E-state index < -0.39 is 11.8 Å². The van der Waals surface area contributed by atoms with E-state index >= 15 is 0 Å². The van der Waals surface area contributed by atoms with Gasteiger partial charge in [-0.15, -0.1) is 0 Å². The van der Waals surface area contributed by atoms with Crippen molar-refractivity contribution in [3.63, 3.8) is 0 Å². The monoisotopic (exact) mass is 220 g/mol. The highest BCUT2D eigenvalue weighted by molar-refractivity contribution is 5.94. The van der Waals surface area contributed by atoms with Crippen molar-refractivity contribution >= 4 is 5.97 Å². The number of hydrogen-bond acceptors (Lipinski definition) is 2. The standard InChI is InChI=1S/C11H9FN2O2/c1-14-10(8(6-13-14)11(15)16)7-4-2-3-5-9(7)12/h2-6H,1H3,(H,15,16). The summed E-state index contributed by atoms with van der Waals surface area (Å²) in [5.74, 6) is -1.58. The molecule has 0 radical (unpaired) electrons. The molecule has 0 aliphatic heterocycles. The molecule has 4 nitrogen and oxygen atoms in total. The van der Waals surface area contributed by atoms with Crippen molar-refractivity contribution in [1.82, 2.24) is 9.78 Å². The quantitative estimate of drug-likeness (QED) is 0.841. The van der Waals surface area contributed by atoms with Gasteiger partial charge in [0.05, 0.1) is 11.9 Å². The summed E-state index contributed by atoms with van der Waals surface area (Å²) >= 11 is 0. The predicted octanol–water partition coefficient (Wildman–Crippen LogP) is 1.92. The largest absolute Gasteiger partial charge is 0.478 e. The summed E-state index contributed by atoms with van der Waals surface area (Å²) < 4.78 is 14.9. The molecule has 82 valence electrons. The number of aromatic nitrogens is 2. The highest BCUT2D eigenvalue weighted by Crippen LogP contribution is 2.25. The van der Waals surface area contributed by atoms with Crippen LogP contribution in [0.5, 0.6) is 0 Å². The second-order valence-electron chi connectivity index (χ2n) is 3.32. The molecule has 1 aromatic heterocycles. The number of carboxylic acid groups (broad SMARTS) is 1. The molecule has 0 bridgehead atoms. The van der Waals surface area contributed by atoms with Crippen molar-refractivity contribution in [3.8, 4) is 11.3 Å². The lowest BCUT2D eigenvalue weighted by Crippen LogP contribution is -2.01. The number of rotatable bonds is 2. The minimum Gasteiger partial charge on any atom is -0.478 e. The highest BCUT2D eigenvalue weighted by Gasteiger charge is 2.18. The number of carboxylic acids is 1. The van der Waals surface area contributed by atoms with Gasteiger partial charge < -0.3 is 5.11 Å². The molecular formula is C11H9FN2O2. The van der Waals surface area contributed by atoms with Crippen LogP contribution in [0.15, 0.2) is 30.5 Å². The lowest BCUT2D eigenvalue weighted by Gasteiger charge is -2.04. The zero-order valence-electron chi connectivity index (χ0n) is 8.51. The van der Waals surface area contributed by atoms with Crippen LogP contribution in [0.3, 0.4) is 0 Å². The molecule has 5 heteroatoms. The summed E-state index contributed by atoms with van der Waals surface area (Å²) in [6.45, 7) is 0. The minimum atomic E-state index is -1.12. The highest BCUT2D eigenvalue weighted by atomic mass is 19.1. The maximum Gasteiger partial charge on any atom is 0.339 e. The van der Waals surface area contributed by atoms with E-state index in [0.717, 1.165) is 0 Å². The molecule has 0 aliphatic carbocycles. The van der Waals surface area contributed by atoms with Gasteiger partial charge in [-0.3, -0.25) is 4.68 Å². The lowest BCUT2D eigenvalue weighted by molar-refractivity contribution is 0.0697. The van der Waals surface area contributed by atoms with Gasteiger partial charge in [0.1, 0.15) is 11.4 Å². The Labute approximate surface area is 90.9 Å². The summed E-state index contributed by atoms with van der Waals surface area (Å²) in [4.78, 5) is 10.9. The maximum atomic E-state index is 13.5. The molecule has 0 atom stereocenters. The Bertz CT molecular complexity index is 549. The molecule has 1 heterocycles. The Morgan fingerprint density at radius 1 is 1.44 bits per heavy atom. The van der Waals surface area contributed by atoms with E-state index in [4.69, 9.17) is 5.11 Å². The molecule has 1 aromatic carbocycles. The minimum absolute atomic E-state index is 0.00685. The van der Waals surface area contributed by atoms with Crippen molar-refractivity contribution in [2.45, 2.75) is 0 Å². The number of aryl methyl sites for hydroxylation is 1. The van der Waals surface area contributed by atoms with Crippen LogP contribution in [-0.2, 0) is 7.05 Å². The summed E-state index contributed by atoms with van der Waals surface area (Å²) in [5.41, 5.74) is 0.498. The van der Waals surface area contributed by atoms with E-state index in [9.17, 15) is 9.18 Å². The van der Waals surface area contributed by atoms with Crippen LogP contribution in [0.4, 0.5) is 4.39 Å². The zero-order valence-corrected chi connectivity index (χ0v) is 8.51. The van der Waals surface area contributed by atoms with Gasteiger partial charge in [-0.05, 0) is 12.1 Å². The Hall–Kier alpha value is -2.17. The van der Waals surface area contributed by atoms with Crippen molar-refractivity contribution in [1.29, 1.82) is 0 Å². The second kappa shape index (κ2) is 3.77. The van der Waals surface area contributed by atoms with Crippen molar-refractivity contribution in [3.05, 3.63) is 41.8 Å². The first-order chi connectivity index (χ1) is 7.61. The molecule has 0 spiro atoms. The van der Waals surface area contributed by atoms with Crippen molar-refractivity contribution in [2.24, 2.45) is 7.05 Å². The number of aromatic carboxylic acids is 1. The second-order valence-corrected chi connectivity index (χ2v) is 3.32. The van der Waals surface area contributed by atoms with Crippen LogP contribution >= 0.6 is 0 Å². The summed E-state index contributed by atoms with van der Waals surface area (Å²) in [5, 5.41) is 12.8. The molecule has 0 fully saturated rings. The van der Waals surface area contributed by atoms with Gasteiger partial charge >= 0.3 is 5.97 Å². The molecule has 0 saturated carbocycles. The van der Waals surface area contributed by atoms with Crippen LogP contribution < -0.4 is 0 Å². The first-order valence-corrected chi connectivity index (χ1v) is 4.61. The summed E-state index contributed by atoms with van der Waals surface area (Å²) in [6, 6.07) is 6.01. The smallest absolute Gasteiger partial charge is 0.339 e. The van der Waals surface area contributed by atoms with Crippen LogP contribution in [0.2, 0.25) is 0 Å². The third kappa shape index (κ3) is 1.56. The molecule has 0 saturated heterocycles. The van der Waals surface area contributed by atoms with E-state index in [1.165, 1.54) is 23.0 Å². The van der Waals surface area contributed by atoms with Crippen molar-refractivity contribution < 1.29 is 14.3 Å². The topological polar surface area (TPSA) is 55.1 Å². The van der Waals surface area contributed by atoms with Crippen LogP contribution in [0.1, 0.15) is 10.4 Å². The van der Waals surface area contributed by atoms with Crippen molar-refractivity contribution in [2.75, 3.05) is 0 Å². The fraction of sp³-hybridized carbons (Fsp3) is 0.0909. The van der Waals surface area contributed by atoms with Gasteiger partial charge in [0.15, 0.2) is 0 Å². The fourth-order valence-corrected chi connectivity index (χ4v) is 1.57. The van der Waals surface area contributed by atoms with Crippen LogP contribution in [0, 0.1) is 5.82 Å². The van der Waals surface area contributed by atoms with Gasteiger partial charge in [-0.1, -0.05) is 12.1 Å².